The van der Waals surface area contributed by atoms with Crippen LogP contribution in [-0.4, -0.2) is 57.7 Å². The van der Waals surface area contributed by atoms with Crippen LogP contribution in [-0.2, 0) is 30.0 Å². The first-order chi connectivity index (χ1) is 15.2. The second kappa shape index (κ2) is 11.8. The Morgan fingerprint density at radius 3 is 2.47 bits per heavy atom. The highest BCUT2D eigenvalue weighted by atomic mass is 16.6. The molecule has 0 aliphatic rings. The van der Waals surface area contributed by atoms with Gasteiger partial charge in [-0.15, -0.1) is 0 Å². The van der Waals surface area contributed by atoms with E-state index in [0.29, 0.717) is 38.5 Å². The van der Waals surface area contributed by atoms with Gasteiger partial charge in [-0.2, -0.15) is 0 Å². The number of nitro benzene ring substituents is 1. The van der Waals surface area contributed by atoms with Crippen molar-refractivity contribution in [1.82, 2.24) is 14.0 Å². The number of ether oxygens (including phenoxy) is 1. The van der Waals surface area contributed by atoms with Crippen LogP contribution in [0.5, 0.6) is 0 Å². The minimum Gasteiger partial charge on any atom is -0.465 e. The number of aryl methyl sites for hydroxylation is 1. The summed E-state index contributed by atoms with van der Waals surface area (Å²) in [6.07, 6.45) is 1.44. The Balaban J connectivity index is 1.94. The molecule has 0 bridgehead atoms. The van der Waals surface area contributed by atoms with Gasteiger partial charge in [0.2, 0.25) is 0 Å². The molecule has 11 heteroatoms. The molecule has 0 saturated carbocycles. The fraction of sp³-hybridized carbons (Fsp3) is 0.476. The first kappa shape index (κ1) is 24.8. The summed E-state index contributed by atoms with van der Waals surface area (Å²) in [7, 11) is 2.99. The van der Waals surface area contributed by atoms with Crippen LogP contribution in [0.1, 0.15) is 18.9 Å². The van der Waals surface area contributed by atoms with Crippen LogP contribution in [0.25, 0.3) is 0 Å². The highest BCUT2D eigenvalue weighted by Crippen LogP contribution is 2.13. The minimum absolute atomic E-state index is 0.0499. The number of nitrogens with one attached hydrogen (secondary N) is 1. The monoisotopic (exact) mass is 447 g/mol. The van der Waals surface area contributed by atoms with Crippen molar-refractivity contribution in [3.63, 3.8) is 0 Å². The molecule has 0 amide bonds. The zero-order valence-electron chi connectivity index (χ0n) is 18.6. The van der Waals surface area contributed by atoms with Crippen LogP contribution in [0, 0.1) is 10.1 Å². The molecule has 1 N–H and O–H groups in total. The van der Waals surface area contributed by atoms with Gasteiger partial charge in [0.1, 0.15) is 5.82 Å². The predicted octanol–water partition coefficient (Wildman–Crippen LogP) is 0.902. The van der Waals surface area contributed by atoms with Gasteiger partial charge < -0.3 is 10.1 Å². The number of aromatic nitrogens is 2. The average Bonchev–Trinajstić information content (AvgIpc) is 2.76. The smallest absolute Gasteiger partial charge is 0.332 e. The number of hydrogen-bond donors (Lipinski definition) is 1. The minimum atomic E-state index is -0.434. The van der Waals surface area contributed by atoms with Crippen LogP contribution in [0.3, 0.4) is 0 Å². The van der Waals surface area contributed by atoms with E-state index >= 15 is 0 Å². The fourth-order valence-corrected chi connectivity index (χ4v) is 3.19. The van der Waals surface area contributed by atoms with E-state index in [-0.39, 0.29) is 18.2 Å². The summed E-state index contributed by atoms with van der Waals surface area (Å²) < 4.78 is 7.42. The third kappa shape index (κ3) is 7.05. The lowest BCUT2D eigenvalue weighted by atomic mass is 10.1. The summed E-state index contributed by atoms with van der Waals surface area (Å²) in [6.45, 7) is 3.66. The molecule has 11 nitrogen and oxygen atoms in total. The average molecular weight is 447 g/mol. The molecule has 0 unspecified atom stereocenters. The molecule has 174 valence electrons. The Labute approximate surface area is 185 Å². The molecule has 1 aromatic carbocycles. The zero-order valence-corrected chi connectivity index (χ0v) is 18.6. The largest absolute Gasteiger partial charge is 0.465 e. The van der Waals surface area contributed by atoms with Gasteiger partial charge in [0, 0.05) is 45.4 Å². The highest BCUT2D eigenvalue weighted by Gasteiger charge is 2.13. The van der Waals surface area contributed by atoms with Crippen molar-refractivity contribution in [1.29, 1.82) is 0 Å². The van der Waals surface area contributed by atoms with Gasteiger partial charge in [-0.1, -0.05) is 12.1 Å². The van der Waals surface area contributed by atoms with E-state index in [4.69, 9.17) is 4.74 Å². The van der Waals surface area contributed by atoms with E-state index < -0.39 is 16.2 Å². The molecule has 0 aliphatic carbocycles. The van der Waals surface area contributed by atoms with Gasteiger partial charge in [-0.3, -0.25) is 33.7 Å². The van der Waals surface area contributed by atoms with Crippen molar-refractivity contribution in [2.75, 3.05) is 38.1 Å². The Hall–Kier alpha value is -3.47. The van der Waals surface area contributed by atoms with Crippen LogP contribution in [0.4, 0.5) is 11.5 Å². The van der Waals surface area contributed by atoms with Crippen molar-refractivity contribution in [3.8, 4) is 0 Å². The van der Waals surface area contributed by atoms with Gasteiger partial charge in [0.25, 0.3) is 11.2 Å². The van der Waals surface area contributed by atoms with E-state index in [1.54, 1.807) is 26.1 Å². The molecule has 0 spiro atoms. The summed E-state index contributed by atoms with van der Waals surface area (Å²) in [4.78, 5) is 48.1. The van der Waals surface area contributed by atoms with Gasteiger partial charge in [-0.25, -0.2) is 4.79 Å². The maximum atomic E-state index is 12.0. The lowest BCUT2D eigenvalue weighted by molar-refractivity contribution is -0.384. The van der Waals surface area contributed by atoms with Crippen molar-refractivity contribution in [2.24, 2.45) is 14.1 Å². The molecular formula is C21H29N5O6. The summed E-state index contributed by atoms with van der Waals surface area (Å²) >= 11 is 0. The van der Waals surface area contributed by atoms with Crippen LogP contribution < -0.4 is 16.6 Å². The lowest BCUT2D eigenvalue weighted by Gasteiger charge is -2.22. The van der Waals surface area contributed by atoms with E-state index in [1.807, 2.05) is 4.90 Å². The van der Waals surface area contributed by atoms with Crippen LogP contribution >= 0.6 is 0 Å². The van der Waals surface area contributed by atoms with Crippen molar-refractivity contribution >= 4 is 17.5 Å². The molecule has 0 fully saturated rings. The summed E-state index contributed by atoms with van der Waals surface area (Å²) in [5.74, 6) is 0.0730. The lowest BCUT2D eigenvalue weighted by Crippen LogP contribution is -2.39. The quantitative estimate of drug-likeness (QED) is 0.289. The maximum absolute atomic E-state index is 12.0. The Kier molecular flexibility index (Phi) is 9.14. The standard InChI is InChI=1S/C21H29N5O6/c1-4-32-20(28)15-25(12-5-6-16-7-9-17(10-8-16)26(30)31)13-11-22-18-14-19(27)24(3)21(29)23(18)2/h7-10,14,22H,4-6,11-13,15H2,1-3H3. The molecule has 2 aromatic rings. The van der Waals surface area contributed by atoms with Crippen LogP contribution in [0.2, 0.25) is 0 Å². The van der Waals surface area contributed by atoms with E-state index in [2.05, 4.69) is 5.32 Å². The molecule has 32 heavy (non-hydrogen) atoms. The number of esters is 1. The fourth-order valence-electron chi connectivity index (χ4n) is 3.19. The molecule has 0 atom stereocenters. The maximum Gasteiger partial charge on any atom is 0.332 e. The molecule has 0 saturated heterocycles. The van der Waals surface area contributed by atoms with Gasteiger partial charge in [0.05, 0.1) is 18.1 Å². The Morgan fingerprint density at radius 2 is 1.84 bits per heavy atom. The first-order valence-corrected chi connectivity index (χ1v) is 10.3. The number of hydrogen-bond acceptors (Lipinski definition) is 8. The number of carbonyl (C=O) groups is 1. The summed E-state index contributed by atoms with van der Waals surface area (Å²) in [5, 5.41) is 13.8. The van der Waals surface area contributed by atoms with E-state index in [1.165, 1.54) is 29.8 Å². The van der Waals surface area contributed by atoms with Crippen molar-refractivity contribution in [2.45, 2.75) is 19.8 Å². The SMILES string of the molecule is CCOC(=O)CN(CCCc1ccc([N+](=O)[O-])cc1)CCNc1cc(=O)n(C)c(=O)n1C. The molecule has 1 aromatic heterocycles. The first-order valence-electron chi connectivity index (χ1n) is 10.3. The second-order valence-electron chi connectivity index (χ2n) is 7.30. The number of nitrogens with zero attached hydrogens (tertiary/aromatic N) is 4. The Morgan fingerprint density at radius 1 is 1.16 bits per heavy atom. The molecule has 2 rings (SSSR count). The molecule has 0 aliphatic heterocycles. The molecular weight excluding hydrogens is 418 g/mol. The number of rotatable bonds is 12. The predicted molar refractivity (Wildman–Crippen MR) is 120 cm³/mol. The normalized spacial score (nSPS) is 10.9. The highest BCUT2D eigenvalue weighted by molar-refractivity contribution is 5.71. The number of anilines is 1. The third-order valence-corrected chi connectivity index (χ3v) is 5.01. The van der Waals surface area contributed by atoms with E-state index in [0.717, 1.165) is 16.6 Å². The summed E-state index contributed by atoms with van der Waals surface area (Å²) in [5.41, 5.74) is 0.197. The topological polar surface area (TPSA) is 129 Å². The van der Waals surface area contributed by atoms with E-state index in [9.17, 15) is 24.5 Å². The van der Waals surface area contributed by atoms with Crippen LogP contribution in [0.15, 0.2) is 39.9 Å². The molecule has 1 heterocycles. The molecule has 0 radical (unpaired) electrons. The third-order valence-electron chi connectivity index (χ3n) is 5.01. The number of carbonyl (C=O) groups excluding carboxylic acids is 1. The van der Waals surface area contributed by atoms with Gasteiger partial charge in [0.15, 0.2) is 0 Å². The van der Waals surface area contributed by atoms with Crippen molar-refractivity contribution in [3.05, 3.63) is 66.8 Å². The number of nitro groups is 1. The Bertz CT molecular complexity index is 1040. The van der Waals surface area contributed by atoms with Gasteiger partial charge >= 0.3 is 11.7 Å². The second-order valence-corrected chi connectivity index (χ2v) is 7.30. The summed E-state index contributed by atoms with van der Waals surface area (Å²) in [6, 6.07) is 7.76. The van der Waals surface area contributed by atoms with Crippen molar-refractivity contribution < 1.29 is 14.5 Å². The zero-order chi connectivity index (χ0) is 23.7. The number of non-ortho nitro benzene ring substituents is 1. The van der Waals surface area contributed by atoms with Gasteiger partial charge in [-0.05, 0) is 31.9 Å². The number of benzene rings is 1.